The van der Waals surface area contributed by atoms with E-state index in [1.165, 1.54) is 35.1 Å². The van der Waals surface area contributed by atoms with Crippen molar-refractivity contribution in [1.29, 1.82) is 0 Å². The standard InChI is InChI=1S/C28H39BO2/c1-19-16-23-24(26(4,5)15-14-25(23,2)3)18-21(19)17-20-10-12-22(13-11-20)29-30-27(6,7)28(8,9)31-29/h10-13,16,18H,14-15,17H2,1-9H3. The van der Waals surface area contributed by atoms with Gasteiger partial charge in [0.05, 0.1) is 11.2 Å². The summed E-state index contributed by atoms with van der Waals surface area (Å²) in [6.45, 7) is 20.3. The van der Waals surface area contributed by atoms with Crippen LogP contribution in [-0.4, -0.2) is 18.3 Å². The maximum atomic E-state index is 6.21. The van der Waals surface area contributed by atoms with Crippen LogP contribution in [0.1, 0.15) is 96.0 Å². The van der Waals surface area contributed by atoms with Crippen molar-refractivity contribution in [2.75, 3.05) is 0 Å². The predicted octanol–water partition coefficient (Wildman–Crippen LogP) is 6.23. The summed E-state index contributed by atoms with van der Waals surface area (Å²) < 4.78 is 12.4. The van der Waals surface area contributed by atoms with Gasteiger partial charge in [-0.1, -0.05) is 64.1 Å². The maximum absolute atomic E-state index is 6.21. The van der Waals surface area contributed by atoms with Gasteiger partial charge in [0.2, 0.25) is 0 Å². The molecule has 2 aromatic carbocycles. The molecule has 0 radical (unpaired) electrons. The number of hydrogen-bond acceptors (Lipinski definition) is 2. The van der Waals surface area contributed by atoms with Crippen molar-refractivity contribution in [3.05, 3.63) is 64.2 Å². The van der Waals surface area contributed by atoms with Gasteiger partial charge in [-0.3, -0.25) is 0 Å². The number of benzene rings is 2. The van der Waals surface area contributed by atoms with Crippen LogP contribution >= 0.6 is 0 Å². The van der Waals surface area contributed by atoms with E-state index in [2.05, 4.69) is 98.7 Å². The molecular formula is C28H39BO2. The van der Waals surface area contributed by atoms with Gasteiger partial charge in [0.15, 0.2) is 0 Å². The van der Waals surface area contributed by atoms with Crippen molar-refractivity contribution in [1.82, 2.24) is 0 Å². The van der Waals surface area contributed by atoms with Crippen molar-refractivity contribution < 1.29 is 9.31 Å². The molecule has 2 aliphatic rings. The van der Waals surface area contributed by atoms with Crippen LogP contribution in [0.15, 0.2) is 36.4 Å². The zero-order valence-electron chi connectivity index (χ0n) is 21.0. The van der Waals surface area contributed by atoms with Gasteiger partial charge < -0.3 is 9.31 Å². The Kier molecular flexibility index (Phi) is 5.26. The zero-order valence-corrected chi connectivity index (χ0v) is 21.0. The fourth-order valence-electron chi connectivity index (χ4n) is 4.95. The van der Waals surface area contributed by atoms with Crippen LogP contribution in [-0.2, 0) is 26.6 Å². The first-order valence-electron chi connectivity index (χ1n) is 11.8. The summed E-state index contributed by atoms with van der Waals surface area (Å²) in [5.74, 6) is 0. The number of fused-ring (bicyclic) bond motifs is 1. The van der Waals surface area contributed by atoms with Crippen molar-refractivity contribution in [2.24, 2.45) is 0 Å². The summed E-state index contributed by atoms with van der Waals surface area (Å²) in [5.41, 5.74) is 8.23. The minimum absolute atomic E-state index is 0.244. The Balaban J connectivity index is 1.58. The lowest BCUT2D eigenvalue weighted by molar-refractivity contribution is 0.00578. The second-order valence-electron chi connectivity index (χ2n) is 12.1. The largest absolute Gasteiger partial charge is 0.494 e. The molecule has 1 fully saturated rings. The van der Waals surface area contributed by atoms with E-state index in [0.717, 1.165) is 11.9 Å². The quantitative estimate of drug-likeness (QED) is 0.550. The SMILES string of the molecule is Cc1cc2c(cc1Cc1ccc(B3OC(C)(C)C(C)(C)O3)cc1)C(C)(C)CCC2(C)C. The molecule has 0 bridgehead atoms. The van der Waals surface area contributed by atoms with E-state index in [9.17, 15) is 0 Å². The van der Waals surface area contributed by atoms with Crippen LogP contribution in [0.5, 0.6) is 0 Å². The molecule has 4 rings (SSSR count). The van der Waals surface area contributed by atoms with Crippen LogP contribution in [0.3, 0.4) is 0 Å². The Morgan fingerprint density at radius 3 is 1.74 bits per heavy atom. The van der Waals surface area contributed by atoms with Gasteiger partial charge in [-0.25, -0.2) is 0 Å². The van der Waals surface area contributed by atoms with Gasteiger partial charge in [-0.05, 0) is 98.0 Å². The van der Waals surface area contributed by atoms with E-state index in [1.807, 2.05) is 0 Å². The van der Waals surface area contributed by atoms with Crippen molar-refractivity contribution in [2.45, 2.75) is 104 Å². The van der Waals surface area contributed by atoms with E-state index >= 15 is 0 Å². The predicted molar refractivity (Wildman–Crippen MR) is 131 cm³/mol. The van der Waals surface area contributed by atoms with E-state index in [0.29, 0.717) is 0 Å². The normalized spacial score (nSPS) is 22.9. The van der Waals surface area contributed by atoms with Crippen LogP contribution in [0, 0.1) is 6.92 Å². The number of rotatable bonds is 3. The molecule has 0 spiro atoms. The Morgan fingerprint density at radius 2 is 1.23 bits per heavy atom. The molecule has 0 saturated carbocycles. The van der Waals surface area contributed by atoms with E-state index in [1.54, 1.807) is 5.56 Å². The molecule has 1 aliphatic heterocycles. The highest BCUT2D eigenvalue weighted by Crippen LogP contribution is 2.46. The molecule has 2 nitrogen and oxygen atoms in total. The Labute approximate surface area is 189 Å². The van der Waals surface area contributed by atoms with E-state index in [-0.39, 0.29) is 29.2 Å². The fourth-order valence-corrected chi connectivity index (χ4v) is 4.95. The average molecular weight is 418 g/mol. The Morgan fingerprint density at radius 1 is 0.742 bits per heavy atom. The molecule has 2 aromatic rings. The van der Waals surface area contributed by atoms with Crippen LogP contribution in [0.4, 0.5) is 0 Å². The third-order valence-electron chi connectivity index (χ3n) is 8.21. The zero-order chi connectivity index (χ0) is 22.8. The topological polar surface area (TPSA) is 18.5 Å². The summed E-state index contributed by atoms with van der Waals surface area (Å²) in [6.07, 6.45) is 3.46. The van der Waals surface area contributed by atoms with Gasteiger partial charge in [-0.15, -0.1) is 0 Å². The van der Waals surface area contributed by atoms with Crippen LogP contribution in [0.2, 0.25) is 0 Å². The lowest BCUT2D eigenvalue weighted by atomic mass is 9.62. The third-order valence-corrected chi connectivity index (χ3v) is 8.21. The van der Waals surface area contributed by atoms with Gasteiger partial charge >= 0.3 is 7.12 Å². The van der Waals surface area contributed by atoms with Gasteiger partial charge in [0.25, 0.3) is 0 Å². The first kappa shape index (κ1) is 22.6. The number of aryl methyl sites for hydroxylation is 1. The molecule has 0 N–H and O–H groups in total. The maximum Gasteiger partial charge on any atom is 0.494 e. The number of hydrogen-bond donors (Lipinski definition) is 0. The highest BCUT2D eigenvalue weighted by atomic mass is 16.7. The molecule has 1 heterocycles. The molecule has 1 saturated heterocycles. The van der Waals surface area contributed by atoms with Gasteiger partial charge in [0, 0.05) is 0 Å². The third kappa shape index (κ3) is 4.00. The molecule has 0 unspecified atom stereocenters. The average Bonchev–Trinajstić information content (AvgIpc) is 2.88. The lowest BCUT2D eigenvalue weighted by Gasteiger charge is -2.42. The first-order chi connectivity index (χ1) is 14.2. The minimum Gasteiger partial charge on any atom is -0.399 e. The molecular weight excluding hydrogens is 379 g/mol. The van der Waals surface area contributed by atoms with Crippen molar-refractivity contribution >= 4 is 12.6 Å². The molecule has 31 heavy (non-hydrogen) atoms. The Bertz CT molecular complexity index is 967. The molecule has 3 heteroatoms. The first-order valence-corrected chi connectivity index (χ1v) is 11.8. The molecule has 0 amide bonds. The van der Waals surface area contributed by atoms with Crippen molar-refractivity contribution in [3.8, 4) is 0 Å². The summed E-state index contributed by atoms with van der Waals surface area (Å²) >= 11 is 0. The second kappa shape index (κ2) is 7.22. The summed E-state index contributed by atoms with van der Waals surface area (Å²) in [6, 6.07) is 13.7. The molecule has 0 aromatic heterocycles. The lowest BCUT2D eigenvalue weighted by Crippen LogP contribution is -2.41. The second-order valence-corrected chi connectivity index (χ2v) is 12.1. The summed E-state index contributed by atoms with van der Waals surface area (Å²) in [7, 11) is -0.299. The highest BCUT2D eigenvalue weighted by molar-refractivity contribution is 6.62. The molecule has 1 aliphatic carbocycles. The van der Waals surface area contributed by atoms with E-state index in [4.69, 9.17) is 9.31 Å². The smallest absolute Gasteiger partial charge is 0.399 e. The van der Waals surface area contributed by atoms with Gasteiger partial charge in [-0.2, -0.15) is 0 Å². The monoisotopic (exact) mass is 418 g/mol. The molecule has 0 atom stereocenters. The minimum atomic E-state index is -0.308. The summed E-state index contributed by atoms with van der Waals surface area (Å²) in [4.78, 5) is 0. The highest BCUT2D eigenvalue weighted by Gasteiger charge is 2.51. The van der Waals surface area contributed by atoms with Crippen molar-refractivity contribution in [3.63, 3.8) is 0 Å². The van der Waals surface area contributed by atoms with Gasteiger partial charge in [0.1, 0.15) is 0 Å². The Hall–Kier alpha value is -1.58. The fraction of sp³-hybridized carbons (Fsp3) is 0.571. The van der Waals surface area contributed by atoms with Crippen LogP contribution in [0.25, 0.3) is 0 Å². The van der Waals surface area contributed by atoms with Crippen LogP contribution < -0.4 is 5.46 Å². The van der Waals surface area contributed by atoms with E-state index < -0.39 is 0 Å². The molecule has 166 valence electrons. The summed E-state index contributed by atoms with van der Waals surface area (Å²) in [5, 5.41) is 0.